The summed E-state index contributed by atoms with van der Waals surface area (Å²) in [6, 6.07) is 9.18. The lowest BCUT2D eigenvalue weighted by Gasteiger charge is -2.16. The van der Waals surface area contributed by atoms with Crippen molar-refractivity contribution in [1.82, 2.24) is 4.90 Å². The smallest absolute Gasteiger partial charge is 0.228 e. The van der Waals surface area contributed by atoms with Crippen LogP contribution in [0.1, 0.15) is 5.56 Å². The first-order valence-electron chi connectivity index (χ1n) is 5.42. The van der Waals surface area contributed by atoms with Crippen LogP contribution in [0.4, 0.5) is 0 Å². The number of ether oxygens (including phenoxy) is 1. The largest absolute Gasteiger partial charge is 0.497 e. The summed E-state index contributed by atoms with van der Waals surface area (Å²) in [5, 5.41) is 8.63. The average Bonchev–Trinajstić information content (AvgIpc) is 2.38. The Kier molecular flexibility index (Phi) is 5.28. The van der Waals surface area contributed by atoms with Crippen LogP contribution in [-0.2, 0) is 11.2 Å². The number of carbonyl (C=O) groups excluding carboxylic acids is 1. The summed E-state index contributed by atoms with van der Waals surface area (Å²) in [5.41, 5.74) is 0.833. The van der Waals surface area contributed by atoms with Crippen molar-refractivity contribution in [2.45, 2.75) is 6.42 Å². The minimum absolute atomic E-state index is 0.00695. The Labute approximate surface area is 107 Å². The highest BCUT2D eigenvalue weighted by Gasteiger charge is 2.12. The van der Waals surface area contributed by atoms with Gasteiger partial charge in [0.15, 0.2) is 0 Å². The molecule has 4 heteroatoms. The fourth-order valence-corrected chi connectivity index (χ4v) is 1.50. The molecule has 4 nitrogen and oxygen atoms in total. The number of carbonyl (C=O) groups is 1. The van der Waals surface area contributed by atoms with Gasteiger partial charge in [-0.2, -0.15) is 5.26 Å². The number of hydrogen-bond donors (Lipinski definition) is 0. The number of hydrogen-bond acceptors (Lipinski definition) is 3. The molecule has 1 aromatic carbocycles. The van der Waals surface area contributed by atoms with E-state index >= 15 is 0 Å². The summed E-state index contributed by atoms with van der Waals surface area (Å²) in [6.07, 6.45) is 5.37. The van der Waals surface area contributed by atoms with Crippen LogP contribution < -0.4 is 4.74 Å². The summed E-state index contributed by atoms with van der Waals surface area (Å²) < 4.78 is 5.08. The number of methoxy groups -OCH3 is 1. The zero-order chi connectivity index (χ0) is 13.4. The van der Waals surface area contributed by atoms with Crippen LogP contribution in [0.3, 0.4) is 0 Å². The van der Waals surface area contributed by atoms with Gasteiger partial charge in [-0.15, -0.1) is 6.42 Å². The Balaban J connectivity index is 2.73. The maximum absolute atomic E-state index is 11.9. The molecule has 0 fully saturated rings. The first-order valence-corrected chi connectivity index (χ1v) is 5.42. The van der Waals surface area contributed by atoms with Gasteiger partial charge in [-0.1, -0.05) is 18.1 Å². The Bertz CT molecular complexity index is 481. The molecule has 0 bridgehead atoms. The van der Waals surface area contributed by atoms with Gasteiger partial charge in [0, 0.05) is 0 Å². The third-order valence-electron chi connectivity index (χ3n) is 2.39. The van der Waals surface area contributed by atoms with Crippen LogP contribution in [0.25, 0.3) is 0 Å². The number of nitrogens with zero attached hydrogens (tertiary/aromatic N) is 2. The van der Waals surface area contributed by atoms with Gasteiger partial charge in [0.2, 0.25) is 5.91 Å². The molecule has 0 saturated heterocycles. The van der Waals surface area contributed by atoms with E-state index in [9.17, 15) is 4.79 Å². The van der Waals surface area contributed by atoms with E-state index in [-0.39, 0.29) is 25.4 Å². The van der Waals surface area contributed by atoms with Crippen molar-refractivity contribution in [2.75, 3.05) is 20.2 Å². The van der Waals surface area contributed by atoms with Crippen molar-refractivity contribution in [3.8, 4) is 24.2 Å². The summed E-state index contributed by atoms with van der Waals surface area (Å²) in [6.45, 7) is 0.156. The maximum atomic E-state index is 11.9. The second-order valence-electron chi connectivity index (χ2n) is 3.64. The second kappa shape index (κ2) is 6.98. The number of benzene rings is 1. The molecule has 0 saturated carbocycles. The molecule has 0 N–H and O–H groups in total. The predicted molar refractivity (Wildman–Crippen MR) is 67.7 cm³/mol. The zero-order valence-electron chi connectivity index (χ0n) is 10.2. The van der Waals surface area contributed by atoms with E-state index < -0.39 is 0 Å². The summed E-state index contributed by atoms with van der Waals surface area (Å²) in [7, 11) is 1.57. The Morgan fingerprint density at radius 1 is 1.50 bits per heavy atom. The highest BCUT2D eigenvalue weighted by atomic mass is 16.5. The van der Waals surface area contributed by atoms with Gasteiger partial charge in [0.05, 0.1) is 26.1 Å². The van der Waals surface area contributed by atoms with Crippen LogP contribution in [-0.4, -0.2) is 31.0 Å². The molecular weight excluding hydrogens is 228 g/mol. The van der Waals surface area contributed by atoms with Crippen molar-refractivity contribution in [3.05, 3.63) is 29.8 Å². The molecular formula is C14H14N2O2. The highest BCUT2D eigenvalue weighted by Crippen LogP contribution is 2.13. The van der Waals surface area contributed by atoms with Crippen molar-refractivity contribution in [2.24, 2.45) is 0 Å². The third-order valence-corrected chi connectivity index (χ3v) is 2.39. The van der Waals surface area contributed by atoms with E-state index in [0.717, 1.165) is 5.56 Å². The topological polar surface area (TPSA) is 53.3 Å². The summed E-state index contributed by atoms with van der Waals surface area (Å²) >= 11 is 0. The van der Waals surface area contributed by atoms with E-state index in [2.05, 4.69) is 5.92 Å². The van der Waals surface area contributed by atoms with Crippen LogP contribution in [0.15, 0.2) is 24.3 Å². The Morgan fingerprint density at radius 2 is 2.28 bits per heavy atom. The molecule has 0 radical (unpaired) electrons. The third kappa shape index (κ3) is 3.84. The molecule has 0 aliphatic carbocycles. The molecule has 18 heavy (non-hydrogen) atoms. The van der Waals surface area contributed by atoms with Crippen LogP contribution in [0.2, 0.25) is 0 Å². The quantitative estimate of drug-likeness (QED) is 0.576. The number of terminal acetylenes is 1. The van der Waals surface area contributed by atoms with Gasteiger partial charge >= 0.3 is 0 Å². The molecule has 92 valence electrons. The van der Waals surface area contributed by atoms with Gasteiger partial charge in [-0.3, -0.25) is 4.79 Å². The van der Waals surface area contributed by atoms with E-state index in [1.54, 1.807) is 13.2 Å². The molecule has 1 amide bonds. The molecule has 0 atom stereocenters. The van der Waals surface area contributed by atoms with Gasteiger partial charge in [0.25, 0.3) is 0 Å². The van der Waals surface area contributed by atoms with Gasteiger partial charge in [0.1, 0.15) is 12.3 Å². The minimum atomic E-state index is -0.164. The zero-order valence-corrected chi connectivity index (χ0v) is 10.2. The SMILES string of the molecule is C#CCN(CC#N)C(=O)Cc1cccc(OC)c1. The lowest BCUT2D eigenvalue weighted by atomic mass is 10.1. The molecule has 1 rings (SSSR count). The number of nitriles is 1. The number of rotatable bonds is 5. The van der Waals surface area contributed by atoms with E-state index in [1.165, 1.54) is 4.90 Å². The fraction of sp³-hybridized carbons (Fsp3) is 0.286. The summed E-state index contributed by atoms with van der Waals surface area (Å²) in [4.78, 5) is 13.3. The van der Waals surface area contributed by atoms with Gasteiger partial charge in [-0.25, -0.2) is 0 Å². The lowest BCUT2D eigenvalue weighted by Crippen LogP contribution is -2.33. The van der Waals surface area contributed by atoms with Crippen molar-refractivity contribution in [3.63, 3.8) is 0 Å². The van der Waals surface area contributed by atoms with E-state index in [4.69, 9.17) is 16.4 Å². The first kappa shape index (κ1) is 13.6. The van der Waals surface area contributed by atoms with Crippen LogP contribution in [0.5, 0.6) is 5.75 Å². The van der Waals surface area contributed by atoms with Crippen molar-refractivity contribution < 1.29 is 9.53 Å². The van der Waals surface area contributed by atoms with E-state index in [0.29, 0.717) is 5.75 Å². The maximum Gasteiger partial charge on any atom is 0.228 e. The molecule has 0 aliphatic heterocycles. The monoisotopic (exact) mass is 242 g/mol. The van der Waals surface area contributed by atoms with E-state index in [1.807, 2.05) is 24.3 Å². The molecule has 0 spiro atoms. The molecule has 0 aromatic heterocycles. The Hall–Kier alpha value is -2.46. The van der Waals surface area contributed by atoms with Crippen LogP contribution >= 0.6 is 0 Å². The molecule has 0 aliphatic rings. The number of amides is 1. The van der Waals surface area contributed by atoms with Gasteiger partial charge < -0.3 is 9.64 Å². The fourth-order valence-electron chi connectivity index (χ4n) is 1.50. The highest BCUT2D eigenvalue weighted by molar-refractivity contribution is 5.79. The normalized spacial score (nSPS) is 9.06. The molecule has 0 heterocycles. The van der Waals surface area contributed by atoms with Crippen LogP contribution in [0, 0.1) is 23.7 Å². The standard InChI is InChI=1S/C14H14N2O2/c1-3-8-16(9-7-15)14(17)11-12-5-4-6-13(10-12)18-2/h1,4-6,10H,8-9,11H2,2H3. The first-order chi connectivity index (χ1) is 8.71. The minimum Gasteiger partial charge on any atom is -0.497 e. The second-order valence-corrected chi connectivity index (χ2v) is 3.64. The van der Waals surface area contributed by atoms with Gasteiger partial charge in [-0.05, 0) is 17.7 Å². The molecule has 0 unspecified atom stereocenters. The van der Waals surface area contributed by atoms with Crippen molar-refractivity contribution >= 4 is 5.91 Å². The summed E-state index contributed by atoms with van der Waals surface area (Å²) in [5.74, 6) is 2.91. The average molecular weight is 242 g/mol. The predicted octanol–water partition coefficient (Wildman–Crippen LogP) is 1.22. The molecule has 1 aromatic rings. The van der Waals surface area contributed by atoms with Crippen molar-refractivity contribution in [1.29, 1.82) is 5.26 Å². The lowest BCUT2D eigenvalue weighted by molar-refractivity contribution is -0.129. The Morgan fingerprint density at radius 3 is 2.89 bits per heavy atom.